The second kappa shape index (κ2) is 6.15. The molecule has 0 amide bonds. The number of non-ortho nitro benzene ring substituents is 1. The van der Waals surface area contributed by atoms with E-state index < -0.39 is 35.1 Å². The van der Waals surface area contributed by atoms with Crippen molar-refractivity contribution in [3.63, 3.8) is 0 Å². The Morgan fingerprint density at radius 2 is 1.96 bits per heavy atom. The molecule has 3 fully saturated rings. The van der Waals surface area contributed by atoms with E-state index in [4.69, 9.17) is 9.47 Å². The quantitative estimate of drug-likeness (QED) is 0.233. The van der Waals surface area contributed by atoms with E-state index in [0.29, 0.717) is 0 Å². The van der Waals surface area contributed by atoms with Crippen molar-refractivity contribution in [2.45, 2.75) is 17.4 Å². The minimum absolute atomic E-state index is 0.0276. The van der Waals surface area contributed by atoms with Gasteiger partial charge >= 0.3 is 11.9 Å². The van der Waals surface area contributed by atoms with Crippen molar-refractivity contribution in [2.75, 3.05) is 6.61 Å². The second-order valence-corrected chi connectivity index (χ2v) is 7.85. The number of ether oxygens (including phenoxy) is 2. The van der Waals surface area contributed by atoms with Gasteiger partial charge in [-0.3, -0.25) is 24.5 Å². The van der Waals surface area contributed by atoms with Gasteiger partial charge in [0.05, 0.1) is 21.6 Å². The predicted molar refractivity (Wildman–Crippen MR) is 89.6 cm³/mol. The Kier molecular flexibility index (Phi) is 4.06. The van der Waals surface area contributed by atoms with Gasteiger partial charge in [-0.25, -0.2) is 0 Å². The normalized spacial score (nSPS) is 33.8. The highest BCUT2D eigenvalue weighted by molar-refractivity contribution is 9.09. The zero-order valence-corrected chi connectivity index (χ0v) is 15.0. The molecule has 1 aromatic rings. The van der Waals surface area contributed by atoms with Crippen molar-refractivity contribution in [2.24, 2.45) is 23.7 Å². The average molecular weight is 424 g/mol. The standard InChI is InChI=1S/C17H14BrNO7/c18-14-9-5-10-13(17(22)26-15(10)14)12(9)16(21)25-6-11(20)7-1-3-8(4-2-7)19(23)24/h1-4,9-10,12-15H,5-6H2/t9-,10-,12-,13+,14+,15+/m1/s1. The Hall–Kier alpha value is -2.29. The first-order chi connectivity index (χ1) is 12.4. The Morgan fingerprint density at radius 1 is 1.27 bits per heavy atom. The summed E-state index contributed by atoms with van der Waals surface area (Å²) in [4.78, 5) is 46.7. The van der Waals surface area contributed by atoms with Crippen molar-refractivity contribution in [1.29, 1.82) is 0 Å². The molecule has 0 N–H and O–H groups in total. The van der Waals surface area contributed by atoms with Crippen LogP contribution in [0.5, 0.6) is 0 Å². The van der Waals surface area contributed by atoms with E-state index in [9.17, 15) is 24.5 Å². The summed E-state index contributed by atoms with van der Waals surface area (Å²) in [7, 11) is 0. The van der Waals surface area contributed by atoms with Gasteiger partial charge in [0.15, 0.2) is 12.4 Å². The number of nitrogens with zero attached hydrogens (tertiary/aromatic N) is 1. The van der Waals surface area contributed by atoms with E-state index in [1.807, 2.05) is 0 Å². The molecule has 2 saturated carbocycles. The minimum Gasteiger partial charge on any atom is -0.461 e. The lowest BCUT2D eigenvalue weighted by molar-refractivity contribution is -0.384. The summed E-state index contributed by atoms with van der Waals surface area (Å²) >= 11 is 3.51. The molecule has 0 radical (unpaired) electrons. The number of halogens is 1. The molecule has 1 aliphatic heterocycles. The number of carbonyl (C=O) groups is 3. The van der Waals surface area contributed by atoms with Crippen LogP contribution in [0.1, 0.15) is 16.8 Å². The summed E-state index contributed by atoms with van der Waals surface area (Å²) in [5.74, 6) is -2.49. The van der Waals surface area contributed by atoms with Crippen LogP contribution in [0.4, 0.5) is 5.69 Å². The number of alkyl halides is 1. The van der Waals surface area contributed by atoms with Crippen LogP contribution in [0.15, 0.2) is 24.3 Å². The van der Waals surface area contributed by atoms with Crippen molar-refractivity contribution in [3.8, 4) is 0 Å². The summed E-state index contributed by atoms with van der Waals surface area (Å²) < 4.78 is 10.5. The Bertz CT molecular complexity index is 808. The fourth-order valence-corrected chi connectivity index (χ4v) is 5.42. The first-order valence-electron chi connectivity index (χ1n) is 8.17. The molecule has 1 aromatic carbocycles. The van der Waals surface area contributed by atoms with Crippen molar-refractivity contribution >= 4 is 39.3 Å². The Balaban J connectivity index is 1.40. The topological polar surface area (TPSA) is 113 Å². The Morgan fingerprint density at radius 3 is 2.62 bits per heavy atom. The number of rotatable bonds is 5. The van der Waals surface area contributed by atoms with E-state index in [1.165, 1.54) is 24.3 Å². The second-order valence-electron chi connectivity index (χ2n) is 6.80. The SMILES string of the molecule is O=C(COC(=O)[C@@H]1[C@H]2C[C@H]3[C@H](OC(=O)[C@@H]31)[C@H]2Br)c1ccc([N+](=O)[O-])cc1. The highest BCUT2D eigenvalue weighted by Crippen LogP contribution is 2.60. The third-order valence-electron chi connectivity index (χ3n) is 5.54. The number of hydrogen-bond donors (Lipinski definition) is 0. The third-order valence-corrected chi connectivity index (χ3v) is 6.74. The van der Waals surface area contributed by atoms with Crippen LogP contribution < -0.4 is 0 Å². The lowest BCUT2D eigenvalue weighted by Gasteiger charge is -2.26. The van der Waals surface area contributed by atoms with Crippen LogP contribution in [0.25, 0.3) is 0 Å². The lowest BCUT2D eigenvalue weighted by Crippen LogP contribution is -2.39. The van der Waals surface area contributed by atoms with Gasteiger partial charge in [0.1, 0.15) is 6.10 Å². The van der Waals surface area contributed by atoms with Crippen molar-refractivity contribution in [3.05, 3.63) is 39.9 Å². The van der Waals surface area contributed by atoms with Gasteiger partial charge in [0.25, 0.3) is 5.69 Å². The molecule has 2 bridgehead atoms. The summed E-state index contributed by atoms with van der Waals surface area (Å²) in [5.41, 5.74) is 0.0910. The van der Waals surface area contributed by atoms with Crippen LogP contribution in [-0.4, -0.2) is 40.2 Å². The molecule has 1 heterocycles. The van der Waals surface area contributed by atoms with Gasteiger partial charge in [-0.2, -0.15) is 0 Å². The van der Waals surface area contributed by atoms with Crippen LogP contribution >= 0.6 is 15.9 Å². The van der Waals surface area contributed by atoms with E-state index in [2.05, 4.69) is 15.9 Å². The van der Waals surface area contributed by atoms with E-state index in [-0.39, 0.29) is 40.0 Å². The summed E-state index contributed by atoms with van der Waals surface area (Å²) in [6, 6.07) is 5.07. The monoisotopic (exact) mass is 423 g/mol. The summed E-state index contributed by atoms with van der Waals surface area (Å²) in [6.45, 7) is -0.470. The number of esters is 2. The number of hydrogen-bond acceptors (Lipinski definition) is 7. The first kappa shape index (κ1) is 17.1. The summed E-state index contributed by atoms with van der Waals surface area (Å²) in [6.07, 6.45) is 0.552. The van der Waals surface area contributed by atoms with Crippen LogP contribution in [0, 0.1) is 33.8 Å². The molecule has 1 saturated heterocycles. The number of nitro benzene ring substituents is 1. The van der Waals surface area contributed by atoms with Gasteiger partial charge < -0.3 is 9.47 Å². The fourth-order valence-electron chi connectivity index (χ4n) is 4.38. The molecular formula is C17H14BrNO7. The molecular weight excluding hydrogens is 410 g/mol. The molecule has 9 heteroatoms. The predicted octanol–water partition coefficient (Wildman–Crippen LogP) is 1.89. The highest BCUT2D eigenvalue weighted by Gasteiger charge is 2.68. The third kappa shape index (κ3) is 2.53. The molecule has 136 valence electrons. The smallest absolute Gasteiger partial charge is 0.310 e. The number of fused-ring (bicyclic) bond motifs is 1. The molecule has 2 aliphatic carbocycles. The van der Waals surface area contributed by atoms with Crippen LogP contribution in [0.2, 0.25) is 0 Å². The highest BCUT2D eigenvalue weighted by atomic mass is 79.9. The van der Waals surface area contributed by atoms with E-state index in [0.717, 1.165) is 6.42 Å². The zero-order valence-electron chi connectivity index (χ0n) is 13.4. The van der Waals surface area contributed by atoms with Gasteiger partial charge in [0.2, 0.25) is 0 Å². The minimum atomic E-state index is -0.597. The fraction of sp³-hybridized carbons (Fsp3) is 0.471. The van der Waals surface area contributed by atoms with Gasteiger partial charge in [-0.05, 0) is 24.5 Å². The molecule has 6 atom stereocenters. The molecule has 3 aliphatic rings. The average Bonchev–Trinajstić information content (AvgIpc) is 3.23. The number of Topliss-reactive ketones (excluding diaryl/α,β-unsaturated/α-hetero) is 1. The first-order valence-corrected chi connectivity index (χ1v) is 9.09. The molecule has 8 nitrogen and oxygen atoms in total. The van der Waals surface area contributed by atoms with Crippen LogP contribution in [-0.2, 0) is 19.1 Å². The number of carbonyl (C=O) groups excluding carboxylic acids is 3. The molecule has 0 spiro atoms. The van der Waals surface area contributed by atoms with Gasteiger partial charge in [-0.1, -0.05) is 15.9 Å². The number of ketones is 1. The maximum absolute atomic E-state index is 12.5. The van der Waals surface area contributed by atoms with Crippen LogP contribution in [0.3, 0.4) is 0 Å². The number of nitro groups is 1. The van der Waals surface area contributed by atoms with Gasteiger partial charge in [0, 0.05) is 23.6 Å². The van der Waals surface area contributed by atoms with E-state index in [1.54, 1.807) is 0 Å². The molecule has 0 unspecified atom stereocenters. The molecule has 4 rings (SSSR count). The zero-order chi connectivity index (χ0) is 18.6. The maximum Gasteiger partial charge on any atom is 0.310 e. The van der Waals surface area contributed by atoms with E-state index >= 15 is 0 Å². The Labute approximate surface area is 156 Å². The molecule has 26 heavy (non-hydrogen) atoms. The number of benzene rings is 1. The lowest BCUT2D eigenvalue weighted by atomic mass is 9.80. The molecule has 0 aromatic heterocycles. The summed E-state index contributed by atoms with van der Waals surface area (Å²) in [5, 5.41) is 10.6. The maximum atomic E-state index is 12.5. The largest absolute Gasteiger partial charge is 0.461 e. The van der Waals surface area contributed by atoms with Gasteiger partial charge in [-0.15, -0.1) is 0 Å². The van der Waals surface area contributed by atoms with Crippen molar-refractivity contribution in [1.82, 2.24) is 0 Å². The van der Waals surface area contributed by atoms with Crippen molar-refractivity contribution < 1.29 is 28.8 Å².